The van der Waals surface area contributed by atoms with E-state index in [1.807, 2.05) is 18.7 Å². The standard InChI is InChI=1S/C20H29N3O3S2/c1-13-3-18(28(25,26)23-9-16-10-27-12-20(16,2)11-23)19(21-6-13)22-7-14-4-17(24)5-15(14)8-22/h3,6,14-17,24H,4-5,7-12H2,1-2H3/t14-,15+,16-,17?,20+/m1/s1. The molecule has 0 radical (unpaired) electrons. The molecule has 1 aromatic heterocycles. The Morgan fingerprint density at radius 1 is 1.25 bits per heavy atom. The zero-order valence-electron chi connectivity index (χ0n) is 16.5. The van der Waals surface area contributed by atoms with Crippen LogP contribution >= 0.6 is 11.8 Å². The second-order valence-electron chi connectivity index (χ2n) is 9.55. The van der Waals surface area contributed by atoms with E-state index < -0.39 is 10.0 Å². The van der Waals surface area contributed by atoms with Gasteiger partial charge in [0.05, 0.1) is 6.10 Å². The molecule has 0 aromatic carbocycles. The first kappa shape index (κ1) is 19.2. The molecular weight excluding hydrogens is 394 g/mol. The average molecular weight is 424 g/mol. The zero-order chi connectivity index (χ0) is 19.7. The second-order valence-corrected chi connectivity index (χ2v) is 12.5. The number of thioether (sulfide) groups is 1. The highest BCUT2D eigenvalue weighted by Crippen LogP contribution is 2.48. The predicted octanol–water partition coefficient (Wildman–Crippen LogP) is 1.97. The number of hydrogen-bond donors (Lipinski definition) is 1. The Labute approximate surface area is 171 Å². The minimum Gasteiger partial charge on any atom is -0.393 e. The molecule has 0 spiro atoms. The highest BCUT2D eigenvalue weighted by molar-refractivity contribution is 7.99. The molecule has 1 aliphatic carbocycles. The topological polar surface area (TPSA) is 73.7 Å². The van der Waals surface area contributed by atoms with Crippen LogP contribution in [-0.2, 0) is 10.0 Å². The smallest absolute Gasteiger partial charge is 0.246 e. The van der Waals surface area contributed by atoms with E-state index in [2.05, 4.69) is 16.8 Å². The molecular formula is C20H29N3O3S2. The maximum Gasteiger partial charge on any atom is 0.246 e. The quantitative estimate of drug-likeness (QED) is 0.801. The third kappa shape index (κ3) is 2.99. The Balaban J connectivity index is 1.46. The molecule has 4 aliphatic rings. The average Bonchev–Trinajstić information content (AvgIpc) is 3.32. The first-order chi connectivity index (χ1) is 13.3. The molecule has 5 atom stereocenters. The lowest BCUT2D eigenvalue weighted by molar-refractivity contribution is 0.174. The molecule has 1 N–H and O–H groups in total. The van der Waals surface area contributed by atoms with Crippen molar-refractivity contribution in [2.75, 3.05) is 42.6 Å². The van der Waals surface area contributed by atoms with Crippen molar-refractivity contribution in [3.8, 4) is 0 Å². The summed E-state index contributed by atoms with van der Waals surface area (Å²) < 4.78 is 29.0. The lowest BCUT2D eigenvalue weighted by Crippen LogP contribution is -2.34. The Bertz CT molecular complexity index is 879. The van der Waals surface area contributed by atoms with Crippen LogP contribution in [0.2, 0.25) is 0 Å². The van der Waals surface area contributed by atoms with E-state index in [4.69, 9.17) is 0 Å². The zero-order valence-corrected chi connectivity index (χ0v) is 18.2. The van der Waals surface area contributed by atoms with Gasteiger partial charge in [-0.3, -0.25) is 0 Å². The van der Waals surface area contributed by atoms with Gasteiger partial charge in [-0.15, -0.1) is 0 Å². The number of aryl methyl sites for hydroxylation is 1. The van der Waals surface area contributed by atoms with Gasteiger partial charge >= 0.3 is 0 Å². The molecule has 154 valence electrons. The van der Waals surface area contributed by atoms with E-state index in [-0.39, 0.29) is 11.5 Å². The molecule has 3 aliphatic heterocycles. The molecule has 5 rings (SSSR count). The minimum atomic E-state index is -3.57. The maximum absolute atomic E-state index is 13.6. The maximum atomic E-state index is 13.6. The van der Waals surface area contributed by atoms with Crippen LogP contribution in [0.15, 0.2) is 17.2 Å². The monoisotopic (exact) mass is 423 g/mol. The van der Waals surface area contributed by atoms with Gasteiger partial charge in [0.15, 0.2) is 0 Å². The van der Waals surface area contributed by atoms with Crippen LogP contribution in [0.1, 0.15) is 25.3 Å². The van der Waals surface area contributed by atoms with Crippen molar-refractivity contribution in [2.24, 2.45) is 23.2 Å². The molecule has 0 bridgehead atoms. The summed E-state index contributed by atoms with van der Waals surface area (Å²) in [6, 6.07) is 1.80. The van der Waals surface area contributed by atoms with Gasteiger partial charge in [0.25, 0.3) is 0 Å². The van der Waals surface area contributed by atoms with Crippen LogP contribution in [0.3, 0.4) is 0 Å². The second kappa shape index (κ2) is 6.59. The van der Waals surface area contributed by atoms with Crippen LogP contribution in [0.5, 0.6) is 0 Å². The fraction of sp³-hybridized carbons (Fsp3) is 0.750. The molecule has 1 unspecified atom stereocenters. The number of nitrogens with zero attached hydrogens (tertiary/aromatic N) is 3. The highest BCUT2D eigenvalue weighted by atomic mass is 32.2. The Hall–Kier alpha value is -0.830. The summed E-state index contributed by atoms with van der Waals surface area (Å²) in [6.45, 7) is 6.94. The number of hydrogen-bond acceptors (Lipinski definition) is 6. The normalized spacial score (nSPS) is 38.2. The molecule has 1 saturated carbocycles. The van der Waals surface area contributed by atoms with Gasteiger partial charge in [-0.2, -0.15) is 16.1 Å². The molecule has 6 nitrogen and oxygen atoms in total. The third-order valence-corrected chi connectivity index (χ3v) is 10.6. The number of rotatable bonds is 3. The predicted molar refractivity (Wildman–Crippen MR) is 111 cm³/mol. The molecule has 0 amide bonds. The van der Waals surface area contributed by atoms with Gasteiger partial charge in [0.2, 0.25) is 10.0 Å². The number of sulfonamides is 1. The largest absolute Gasteiger partial charge is 0.393 e. The first-order valence-electron chi connectivity index (χ1n) is 10.2. The number of aliphatic hydroxyl groups is 1. The van der Waals surface area contributed by atoms with Crippen LogP contribution in [0, 0.1) is 30.1 Å². The number of anilines is 1. The van der Waals surface area contributed by atoms with Gasteiger partial charge < -0.3 is 10.0 Å². The molecule has 28 heavy (non-hydrogen) atoms. The molecule has 4 fully saturated rings. The number of aliphatic hydroxyl groups excluding tert-OH is 1. The van der Waals surface area contributed by atoms with Gasteiger partial charge in [0, 0.05) is 38.1 Å². The number of aromatic nitrogens is 1. The fourth-order valence-corrected chi connectivity index (χ4v) is 9.21. The molecule has 3 saturated heterocycles. The van der Waals surface area contributed by atoms with E-state index in [1.54, 1.807) is 16.6 Å². The molecule has 8 heteroatoms. The van der Waals surface area contributed by atoms with E-state index in [0.717, 1.165) is 43.0 Å². The third-order valence-electron chi connectivity index (χ3n) is 7.31. The van der Waals surface area contributed by atoms with E-state index in [1.165, 1.54) is 0 Å². The Kier molecular flexibility index (Phi) is 4.51. The van der Waals surface area contributed by atoms with E-state index >= 15 is 0 Å². The lowest BCUT2D eigenvalue weighted by atomic mass is 9.84. The van der Waals surface area contributed by atoms with Gasteiger partial charge in [-0.1, -0.05) is 6.92 Å². The van der Waals surface area contributed by atoms with Crippen molar-refractivity contribution in [2.45, 2.75) is 37.7 Å². The summed E-state index contributed by atoms with van der Waals surface area (Å²) in [7, 11) is -3.57. The molecule has 1 aromatic rings. The molecule has 4 heterocycles. The summed E-state index contributed by atoms with van der Waals surface area (Å²) in [5.74, 6) is 4.03. The summed E-state index contributed by atoms with van der Waals surface area (Å²) in [5.41, 5.74) is 0.967. The van der Waals surface area contributed by atoms with Gasteiger partial charge in [0.1, 0.15) is 10.7 Å². The van der Waals surface area contributed by atoms with Crippen LogP contribution < -0.4 is 4.90 Å². The van der Waals surface area contributed by atoms with Crippen molar-refractivity contribution in [3.05, 3.63) is 17.8 Å². The van der Waals surface area contributed by atoms with Crippen molar-refractivity contribution in [1.29, 1.82) is 0 Å². The van der Waals surface area contributed by atoms with Crippen molar-refractivity contribution >= 4 is 27.6 Å². The van der Waals surface area contributed by atoms with Crippen LogP contribution in [0.25, 0.3) is 0 Å². The Morgan fingerprint density at radius 3 is 2.64 bits per heavy atom. The minimum absolute atomic E-state index is 0.0932. The summed E-state index contributed by atoms with van der Waals surface area (Å²) >= 11 is 1.95. The first-order valence-corrected chi connectivity index (χ1v) is 12.8. The van der Waals surface area contributed by atoms with Crippen molar-refractivity contribution in [1.82, 2.24) is 9.29 Å². The van der Waals surface area contributed by atoms with Crippen molar-refractivity contribution in [3.63, 3.8) is 0 Å². The van der Waals surface area contributed by atoms with Crippen LogP contribution in [0.4, 0.5) is 5.82 Å². The number of fused-ring (bicyclic) bond motifs is 2. The summed E-state index contributed by atoms with van der Waals surface area (Å²) in [5, 5.41) is 9.92. The Morgan fingerprint density at radius 2 is 1.96 bits per heavy atom. The van der Waals surface area contributed by atoms with Gasteiger partial charge in [-0.25, -0.2) is 13.4 Å². The van der Waals surface area contributed by atoms with E-state index in [9.17, 15) is 13.5 Å². The van der Waals surface area contributed by atoms with Gasteiger partial charge in [-0.05, 0) is 60.3 Å². The van der Waals surface area contributed by atoms with Crippen LogP contribution in [-0.4, -0.2) is 66.6 Å². The highest BCUT2D eigenvalue weighted by Gasteiger charge is 2.51. The SMILES string of the molecule is Cc1cnc(N2C[C@H]3CC(O)C[C@H]3C2)c(S(=O)(=O)N2C[C@@H]3CSC[C@]3(C)C2)c1. The lowest BCUT2D eigenvalue weighted by Gasteiger charge is -2.26. The van der Waals surface area contributed by atoms with E-state index in [0.29, 0.717) is 41.6 Å². The summed E-state index contributed by atoms with van der Waals surface area (Å²) in [6.07, 6.45) is 3.21. The fourth-order valence-electron chi connectivity index (χ4n) is 5.64. The number of pyridine rings is 1. The van der Waals surface area contributed by atoms with Crippen molar-refractivity contribution < 1.29 is 13.5 Å². The summed E-state index contributed by atoms with van der Waals surface area (Å²) in [4.78, 5) is 7.09.